The van der Waals surface area contributed by atoms with Gasteiger partial charge in [-0.05, 0) is 29.7 Å². The first-order valence-corrected chi connectivity index (χ1v) is 7.24. The average Bonchev–Trinajstić information content (AvgIpc) is 2.54. The molecule has 2 aromatic rings. The minimum Gasteiger partial charge on any atom is -0.426 e. The van der Waals surface area contributed by atoms with Crippen LogP contribution >= 0.6 is 0 Å². The molecule has 0 aliphatic carbocycles. The fourth-order valence-corrected chi connectivity index (χ4v) is 1.79. The first kappa shape index (κ1) is 15.0. The number of hydrogen-bond donors (Lipinski definition) is 0. The monoisotopic (exact) mass is 280 g/mol. The summed E-state index contributed by atoms with van der Waals surface area (Å²) in [6, 6.07) is 17.7. The molecule has 108 valence electrons. The van der Waals surface area contributed by atoms with E-state index in [2.05, 4.69) is 18.2 Å². The third-order valence-corrected chi connectivity index (χ3v) is 3.38. The molecule has 0 aromatic heterocycles. The van der Waals surface area contributed by atoms with Crippen LogP contribution in [0.25, 0.3) is 12.2 Å². The van der Waals surface area contributed by atoms with Crippen LogP contribution < -0.4 is 4.74 Å². The van der Waals surface area contributed by atoms with Gasteiger partial charge < -0.3 is 4.74 Å². The Morgan fingerprint density at radius 3 is 2.14 bits per heavy atom. The summed E-state index contributed by atoms with van der Waals surface area (Å²) >= 11 is 0. The van der Waals surface area contributed by atoms with Crippen molar-refractivity contribution in [3.05, 3.63) is 65.7 Å². The lowest BCUT2D eigenvalue weighted by Gasteiger charge is -2.08. The number of carbonyl (C=O) groups is 1. The Kier molecular flexibility index (Phi) is 5.33. The van der Waals surface area contributed by atoms with Crippen LogP contribution in [0.1, 0.15) is 31.4 Å². The summed E-state index contributed by atoms with van der Waals surface area (Å²) in [4.78, 5) is 11.7. The van der Waals surface area contributed by atoms with Crippen molar-refractivity contribution in [3.63, 3.8) is 0 Å². The number of benzene rings is 2. The van der Waals surface area contributed by atoms with Crippen molar-refractivity contribution in [1.82, 2.24) is 0 Å². The zero-order chi connectivity index (χ0) is 15.1. The van der Waals surface area contributed by atoms with E-state index in [-0.39, 0.29) is 11.9 Å². The highest BCUT2D eigenvalue weighted by Crippen LogP contribution is 2.16. The number of rotatable bonds is 5. The van der Waals surface area contributed by atoms with Gasteiger partial charge in [-0.15, -0.1) is 0 Å². The van der Waals surface area contributed by atoms with Crippen LogP contribution in [-0.4, -0.2) is 5.97 Å². The molecule has 2 rings (SSSR count). The van der Waals surface area contributed by atoms with Crippen LogP contribution in [0.3, 0.4) is 0 Å². The molecule has 0 fully saturated rings. The van der Waals surface area contributed by atoms with E-state index in [1.807, 2.05) is 62.4 Å². The van der Waals surface area contributed by atoms with E-state index in [4.69, 9.17) is 4.74 Å². The highest BCUT2D eigenvalue weighted by Gasteiger charge is 2.12. The molecule has 0 N–H and O–H groups in total. The molecule has 0 spiro atoms. The van der Waals surface area contributed by atoms with Crippen LogP contribution in [-0.2, 0) is 4.79 Å². The Hall–Kier alpha value is -2.35. The summed E-state index contributed by atoms with van der Waals surface area (Å²) in [5.74, 6) is 0.352. The van der Waals surface area contributed by atoms with Gasteiger partial charge in [0.05, 0.1) is 5.92 Å². The molecule has 0 radical (unpaired) electrons. The van der Waals surface area contributed by atoms with Crippen molar-refractivity contribution in [2.24, 2.45) is 5.92 Å². The van der Waals surface area contributed by atoms with E-state index in [0.717, 1.165) is 17.5 Å². The highest BCUT2D eigenvalue weighted by molar-refractivity contribution is 5.75. The summed E-state index contributed by atoms with van der Waals surface area (Å²) in [6.07, 6.45) is 4.88. The first-order valence-electron chi connectivity index (χ1n) is 7.24. The van der Waals surface area contributed by atoms with E-state index in [0.29, 0.717) is 5.75 Å². The number of hydrogen-bond acceptors (Lipinski definition) is 2. The number of carbonyl (C=O) groups excluding carboxylic acids is 1. The molecule has 0 saturated carbocycles. The quantitative estimate of drug-likeness (QED) is 0.446. The fourth-order valence-electron chi connectivity index (χ4n) is 1.79. The number of esters is 1. The molecule has 1 atom stereocenters. The summed E-state index contributed by atoms with van der Waals surface area (Å²) in [5.41, 5.74) is 2.23. The lowest BCUT2D eigenvalue weighted by molar-refractivity contribution is -0.138. The minimum atomic E-state index is -0.176. The zero-order valence-corrected chi connectivity index (χ0v) is 12.5. The summed E-state index contributed by atoms with van der Waals surface area (Å²) in [5, 5.41) is 0. The molecule has 0 aliphatic heterocycles. The molecular formula is C19H20O2. The molecule has 0 bridgehead atoms. The maximum atomic E-state index is 11.7. The van der Waals surface area contributed by atoms with E-state index >= 15 is 0 Å². The van der Waals surface area contributed by atoms with Crippen molar-refractivity contribution in [3.8, 4) is 5.75 Å². The summed E-state index contributed by atoms with van der Waals surface area (Å²) in [7, 11) is 0. The van der Waals surface area contributed by atoms with Crippen LogP contribution in [0.2, 0.25) is 0 Å². The Labute approximate surface area is 126 Å². The van der Waals surface area contributed by atoms with Gasteiger partial charge in [-0.3, -0.25) is 4.79 Å². The summed E-state index contributed by atoms with van der Waals surface area (Å²) in [6.45, 7) is 3.85. The topological polar surface area (TPSA) is 26.3 Å². The van der Waals surface area contributed by atoms with Gasteiger partial charge in [0, 0.05) is 0 Å². The van der Waals surface area contributed by atoms with E-state index < -0.39 is 0 Å². The van der Waals surface area contributed by atoms with Gasteiger partial charge in [0.2, 0.25) is 0 Å². The molecule has 0 aliphatic rings. The molecule has 0 amide bonds. The van der Waals surface area contributed by atoms with E-state index in [1.165, 1.54) is 0 Å². The van der Waals surface area contributed by atoms with Crippen molar-refractivity contribution in [1.29, 1.82) is 0 Å². The molecule has 2 nitrogen and oxygen atoms in total. The van der Waals surface area contributed by atoms with Crippen LogP contribution in [0.4, 0.5) is 0 Å². The Bertz CT molecular complexity index is 597. The summed E-state index contributed by atoms with van der Waals surface area (Å²) < 4.78 is 5.32. The third-order valence-electron chi connectivity index (χ3n) is 3.38. The van der Waals surface area contributed by atoms with E-state index in [1.54, 1.807) is 0 Å². The van der Waals surface area contributed by atoms with Gasteiger partial charge in [-0.1, -0.05) is 68.5 Å². The maximum absolute atomic E-state index is 11.7. The second-order valence-electron chi connectivity index (χ2n) is 5.04. The smallest absolute Gasteiger partial charge is 0.314 e. The molecular weight excluding hydrogens is 260 g/mol. The van der Waals surface area contributed by atoms with Crippen LogP contribution in [0, 0.1) is 5.92 Å². The maximum Gasteiger partial charge on any atom is 0.314 e. The molecule has 1 unspecified atom stereocenters. The Balaban J connectivity index is 1.99. The molecule has 2 aromatic carbocycles. The van der Waals surface area contributed by atoms with Gasteiger partial charge >= 0.3 is 5.97 Å². The van der Waals surface area contributed by atoms with Crippen molar-refractivity contribution >= 4 is 18.1 Å². The van der Waals surface area contributed by atoms with Gasteiger partial charge in [0.25, 0.3) is 0 Å². The average molecular weight is 280 g/mol. The molecule has 2 heteroatoms. The second-order valence-corrected chi connectivity index (χ2v) is 5.04. The fraction of sp³-hybridized carbons (Fsp3) is 0.211. The van der Waals surface area contributed by atoms with Gasteiger partial charge in [-0.25, -0.2) is 0 Å². The predicted molar refractivity (Wildman–Crippen MR) is 86.9 cm³/mol. The van der Waals surface area contributed by atoms with E-state index in [9.17, 15) is 4.79 Å². The largest absolute Gasteiger partial charge is 0.426 e. The molecule has 21 heavy (non-hydrogen) atoms. The van der Waals surface area contributed by atoms with Crippen molar-refractivity contribution in [2.45, 2.75) is 20.3 Å². The van der Waals surface area contributed by atoms with Crippen LogP contribution in [0.15, 0.2) is 54.6 Å². The lowest BCUT2D eigenvalue weighted by Crippen LogP contribution is -2.16. The standard InChI is InChI=1S/C19H20O2/c1-3-15(2)19(20)21-18-13-11-17(12-14-18)10-9-16-7-5-4-6-8-16/h4-15H,3H2,1-2H3. The van der Waals surface area contributed by atoms with Crippen LogP contribution in [0.5, 0.6) is 5.75 Å². The lowest BCUT2D eigenvalue weighted by atomic mass is 10.1. The molecule has 0 saturated heterocycles. The minimum absolute atomic E-state index is 0.0670. The SMILES string of the molecule is CCC(C)C(=O)Oc1ccc(C=Cc2ccccc2)cc1. The van der Waals surface area contributed by atoms with Crippen molar-refractivity contribution in [2.75, 3.05) is 0 Å². The molecule has 0 heterocycles. The second kappa shape index (κ2) is 7.44. The highest BCUT2D eigenvalue weighted by atomic mass is 16.5. The predicted octanol–water partition coefficient (Wildman–Crippen LogP) is 4.81. The zero-order valence-electron chi connectivity index (χ0n) is 12.5. The third kappa shape index (κ3) is 4.60. The van der Waals surface area contributed by atoms with Gasteiger partial charge in [-0.2, -0.15) is 0 Å². The first-order chi connectivity index (χ1) is 10.2. The van der Waals surface area contributed by atoms with Gasteiger partial charge in [0.15, 0.2) is 0 Å². The normalized spacial score (nSPS) is 12.3. The van der Waals surface area contributed by atoms with Gasteiger partial charge in [0.1, 0.15) is 5.75 Å². The Morgan fingerprint density at radius 2 is 1.57 bits per heavy atom. The number of ether oxygens (including phenoxy) is 1. The van der Waals surface area contributed by atoms with Crippen molar-refractivity contribution < 1.29 is 9.53 Å². The Morgan fingerprint density at radius 1 is 1.00 bits per heavy atom.